The summed E-state index contributed by atoms with van der Waals surface area (Å²) in [7, 11) is -4.18. The van der Waals surface area contributed by atoms with Crippen LogP contribution < -0.4 is 5.73 Å². The Morgan fingerprint density at radius 1 is 1.35 bits per heavy atom. The number of allylic oxidation sites excluding steroid dienone is 1. The van der Waals surface area contributed by atoms with Gasteiger partial charge in [-0.3, -0.25) is 13.9 Å². The van der Waals surface area contributed by atoms with Crippen molar-refractivity contribution in [1.29, 1.82) is 0 Å². The molecule has 0 saturated carbocycles. The van der Waals surface area contributed by atoms with Gasteiger partial charge in [0.25, 0.3) is 10.0 Å². The van der Waals surface area contributed by atoms with Crippen LogP contribution in [-0.2, 0) is 19.6 Å². The zero-order valence-corrected chi connectivity index (χ0v) is 16.1. The van der Waals surface area contributed by atoms with Gasteiger partial charge in [-0.05, 0) is 38.3 Å². The van der Waals surface area contributed by atoms with E-state index in [9.17, 15) is 23.1 Å². The number of nitrogens with two attached hydrogens (primary N) is 1. The maximum atomic E-state index is 13.3. The molecule has 0 spiro atoms. The van der Waals surface area contributed by atoms with Gasteiger partial charge in [-0.25, -0.2) is 4.98 Å². The quantitative estimate of drug-likeness (QED) is 0.769. The van der Waals surface area contributed by atoms with Gasteiger partial charge in [-0.2, -0.15) is 8.42 Å². The van der Waals surface area contributed by atoms with E-state index in [2.05, 4.69) is 4.98 Å². The zero-order valence-electron chi connectivity index (χ0n) is 15.2. The van der Waals surface area contributed by atoms with Crippen molar-refractivity contribution in [3.05, 3.63) is 28.6 Å². The Labute approximate surface area is 152 Å². The summed E-state index contributed by atoms with van der Waals surface area (Å²) >= 11 is 0. The molecule has 0 aromatic carbocycles. The van der Waals surface area contributed by atoms with E-state index in [1.807, 2.05) is 0 Å². The fraction of sp³-hybridized carbons (Fsp3) is 0.471. The third kappa shape index (κ3) is 3.31. The second-order valence-corrected chi connectivity index (χ2v) is 8.11. The lowest BCUT2D eigenvalue weighted by Gasteiger charge is -2.36. The molecule has 1 aliphatic rings. The lowest BCUT2D eigenvalue weighted by Crippen LogP contribution is -2.45. The normalized spacial score (nSPS) is 17.0. The second kappa shape index (κ2) is 7.06. The highest BCUT2D eigenvalue weighted by Crippen LogP contribution is 2.39. The molecular weight excluding hydrogens is 358 g/mol. The van der Waals surface area contributed by atoms with E-state index < -0.39 is 33.5 Å². The number of rotatable bonds is 6. The van der Waals surface area contributed by atoms with Crippen molar-refractivity contribution in [3.8, 4) is 0 Å². The number of ketones is 1. The van der Waals surface area contributed by atoms with Crippen LogP contribution in [0.5, 0.6) is 0 Å². The molecule has 1 aromatic heterocycles. The van der Waals surface area contributed by atoms with Crippen LogP contribution in [0.2, 0.25) is 0 Å². The number of hydrogen-bond donors (Lipinski definition) is 2. The first-order valence-corrected chi connectivity index (χ1v) is 9.71. The lowest BCUT2D eigenvalue weighted by atomic mass is 10.0. The minimum atomic E-state index is -4.18. The van der Waals surface area contributed by atoms with Crippen LogP contribution in [0, 0.1) is 13.8 Å². The van der Waals surface area contributed by atoms with Gasteiger partial charge in [0.15, 0.2) is 16.6 Å². The third-order valence-corrected chi connectivity index (χ3v) is 6.14. The van der Waals surface area contributed by atoms with Crippen molar-refractivity contribution in [3.63, 3.8) is 0 Å². The largest absolute Gasteiger partial charge is 0.505 e. The number of nitrogens with zero attached hydrogens (tertiary/aromatic N) is 2. The Hall–Kier alpha value is -2.42. The summed E-state index contributed by atoms with van der Waals surface area (Å²) in [5.74, 6) is -1.57. The Bertz CT molecular complexity index is 905. The SMILES string of the molecule is CCC(CCC(N)=O)N1C(C(C)=O)=C(O)c2c(C)cc(C)nc2S1(=O)=O. The molecule has 9 heteroatoms. The fourth-order valence-corrected chi connectivity index (χ4v) is 5.27. The third-order valence-electron chi connectivity index (χ3n) is 4.36. The molecule has 0 bridgehead atoms. The van der Waals surface area contributed by atoms with Crippen LogP contribution in [0.15, 0.2) is 16.8 Å². The number of pyridine rings is 1. The zero-order chi connectivity index (χ0) is 19.8. The molecule has 1 amide bonds. The molecular formula is C17H23N3O5S. The summed E-state index contributed by atoms with van der Waals surface area (Å²) in [6.07, 6.45) is 0.426. The lowest BCUT2D eigenvalue weighted by molar-refractivity contribution is -0.118. The highest BCUT2D eigenvalue weighted by Gasteiger charge is 2.44. The van der Waals surface area contributed by atoms with Crippen molar-refractivity contribution in [2.45, 2.75) is 58.0 Å². The maximum absolute atomic E-state index is 13.3. The van der Waals surface area contributed by atoms with Gasteiger partial charge in [0.2, 0.25) is 5.91 Å². The number of aliphatic hydroxyl groups is 1. The number of aromatic nitrogens is 1. The number of carbonyl (C=O) groups is 2. The summed E-state index contributed by atoms with van der Waals surface area (Å²) < 4.78 is 27.4. The number of primary amides is 1. The molecule has 1 atom stereocenters. The molecule has 0 radical (unpaired) electrons. The van der Waals surface area contributed by atoms with Crippen LogP contribution in [0.25, 0.3) is 5.76 Å². The first kappa shape index (κ1) is 19.9. The monoisotopic (exact) mass is 381 g/mol. The van der Waals surface area contributed by atoms with Crippen molar-refractivity contribution in [1.82, 2.24) is 9.29 Å². The Balaban J connectivity index is 2.78. The summed E-state index contributed by atoms with van der Waals surface area (Å²) in [6, 6.07) is 0.937. The first-order chi connectivity index (χ1) is 12.0. The fourth-order valence-electron chi connectivity index (χ4n) is 3.21. The highest BCUT2D eigenvalue weighted by molar-refractivity contribution is 7.89. The van der Waals surface area contributed by atoms with Crippen LogP contribution in [0.3, 0.4) is 0 Å². The second-order valence-electron chi connectivity index (χ2n) is 6.38. The number of Topliss-reactive ketones (excluding diaryl/α,β-unsaturated/α-hetero) is 1. The van der Waals surface area contributed by atoms with Gasteiger partial charge >= 0.3 is 0 Å². The summed E-state index contributed by atoms with van der Waals surface area (Å²) in [6.45, 7) is 6.23. The predicted molar refractivity (Wildman–Crippen MR) is 95.5 cm³/mol. The molecule has 142 valence electrons. The molecule has 26 heavy (non-hydrogen) atoms. The number of amides is 1. The smallest absolute Gasteiger partial charge is 0.283 e. The molecule has 2 rings (SSSR count). The van der Waals surface area contributed by atoms with E-state index in [4.69, 9.17) is 5.73 Å². The molecule has 0 fully saturated rings. The number of sulfonamides is 1. The number of aryl methyl sites for hydroxylation is 2. The molecule has 0 saturated heterocycles. The van der Waals surface area contributed by atoms with Crippen molar-refractivity contribution in [2.75, 3.05) is 0 Å². The molecule has 8 nitrogen and oxygen atoms in total. The van der Waals surface area contributed by atoms with Gasteiger partial charge in [-0.15, -0.1) is 0 Å². The van der Waals surface area contributed by atoms with Gasteiger partial charge < -0.3 is 10.8 Å². The van der Waals surface area contributed by atoms with Crippen LogP contribution >= 0.6 is 0 Å². The molecule has 1 unspecified atom stereocenters. The number of hydrogen-bond acceptors (Lipinski definition) is 6. The topological polar surface area (TPSA) is 131 Å². The Kier molecular flexibility index (Phi) is 5.41. The number of fused-ring (bicyclic) bond motifs is 1. The van der Waals surface area contributed by atoms with E-state index in [1.165, 1.54) is 6.92 Å². The maximum Gasteiger partial charge on any atom is 0.283 e. The summed E-state index contributed by atoms with van der Waals surface area (Å²) in [5, 5.41) is 10.4. The summed E-state index contributed by atoms with van der Waals surface area (Å²) in [4.78, 5) is 27.5. The van der Waals surface area contributed by atoms with Gasteiger partial charge in [0, 0.05) is 25.1 Å². The molecule has 1 aromatic rings. The molecule has 0 aliphatic carbocycles. The van der Waals surface area contributed by atoms with Crippen molar-refractivity contribution >= 4 is 27.5 Å². The van der Waals surface area contributed by atoms with E-state index in [0.29, 0.717) is 17.7 Å². The van der Waals surface area contributed by atoms with Crippen LogP contribution in [0.1, 0.15) is 49.9 Å². The predicted octanol–water partition coefficient (Wildman–Crippen LogP) is 1.56. The molecule has 3 N–H and O–H groups in total. The van der Waals surface area contributed by atoms with E-state index in [-0.39, 0.29) is 29.1 Å². The average Bonchev–Trinajstić information content (AvgIpc) is 2.51. The minimum absolute atomic E-state index is 0.0381. The first-order valence-electron chi connectivity index (χ1n) is 8.27. The van der Waals surface area contributed by atoms with Crippen molar-refractivity contribution in [2.24, 2.45) is 5.73 Å². The average molecular weight is 381 g/mol. The Morgan fingerprint density at radius 3 is 2.46 bits per heavy atom. The van der Waals surface area contributed by atoms with Gasteiger partial charge in [0.05, 0.1) is 5.56 Å². The van der Waals surface area contributed by atoms with Gasteiger partial charge in [-0.1, -0.05) is 6.92 Å². The van der Waals surface area contributed by atoms with Crippen molar-refractivity contribution < 1.29 is 23.1 Å². The number of carbonyl (C=O) groups excluding carboxylic acids is 2. The van der Waals surface area contributed by atoms with Crippen LogP contribution in [0.4, 0.5) is 0 Å². The Morgan fingerprint density at radius 2 is 1.96 bits per heavy atom. The summed E-state index contributed by atoms with van der Waals surface area (Å²) in [5.41, 5.74) is 5.92. The van der Waals surface area contributed by atoms with Gasteiger partial charge in [0.1, 0.15) is 5.70 Å². The molecule has 1 aliphatic heterocycles. The highest BCUT2D eigenvalue weighted by atomic mass is 32.2. The molecule has 2 heterocycles. The number of aliphatic hydroxyl groups excluding tert-OH is 1. The minimum Gasteiger partial charge on any atom is -0.505 e. The van der Waals surface area contributed by atoms with Crippen LogP contribution in [-0.4, -0.2) is 40.5 Å². The standard InChI is InChI=1S/C17H23N3O5S/c1-5-12(6-7-13(18)22)20-15(11(4)21)16(23)14-9(2)8-10(3)19-17(14)26(20,24)25/h8,12,23H,5-7H2,1-4H3,(H2,18,22). The van der Waals surface area contributed by atoms with E-state index >= 15 is 0 Å². The van der Waals surface area contributed by atoms with E-state index in [0.717, 1.165) is 4.31 Å². The van der Waals surface area contributed by atoms with E-state index in [1.54, 1.807) is 26.8 Å².